The highest BCUT2D eigenvalue weighted by Gasteiger charge is 2.27. The highest BCUT2D eigenvalue weighted by atomic mass is 16.3. The van der Waals surface area contributed by atoms with Crippen LogP contribution in [0.5, 0.6) is 0 Å². The summed E-state index contributed by atoms with van der Waals surface area (Å²) >= 11 is 0. The predicted octanol–water partition coefficient (Wildman–Crippen LogP) is 2.18. The van der Waals surface area contributed by atoms with Crippen molar-refractivity contribution in [2.75, 3.05) is 20.1 Å². The second-order valence-corrected chi connectivity index (χ2v) is 5.12. The van der Waals surface area contributed by atoms with Gasteiger partial charge in [-0.15, -0.1) is 0 Å². The van der Waals surface area contributed by atoms with E-state index in [9.17, 15) is 4.79 Å². The normalized spacial score (nSPS) is 18.9. The molecule has 1 aromatic carbocycles. The van der Waals surface area contributed by atoms with Gasteiger partial charge in [-0.3, -0.25) is 4.79 Å². The first-order chi connectivity index (χ1) is 9.18. The van der Waals surface area contributed by atoms with Gasteiger partial charge in [0.1, 0.15) is 5.58 Å². The maximum absolute atomic E-state index is 12.5. The summed E-state index contributed by atoms with van der Waals surface area (Å²) in [6.07, 6.45) is 1.00. The molecular formula is C15H18N2O2. The van der Waals surface area contributed by atoms with Gasteiger partial charge in [0.25, 0.3) is 5.91 Å². The molecule has 0 bridgehead atoms. The molecule has 1 aliphatic rings. The lowest BCUT2D eigenvalue weighted by Gasteiger charge is -2.22. The van der Waals surface area contributed by atoms with Crippen molar-refractivity contribution in [2.45, 2.75) is 19.4 Å². The zero-order valence-corrected chi connectivity index (χ0v) is 11.3. The summed E-state index contributed by atoms with van der Waals surface area (Å²) in [5, 5.41) is 4.29. The van der Waals surface area contributed by atoms with Crippen molar-refractivity contribution in [3.63, 3.8) is 0 Å². The SMILES string of the molecule is Cc1c(C(=O)N(C)C2CCNC2)oc2ccccc12. The van der Waals surface area contributed by atoms with Gasteiger partial charge in [0.2, 0.25) is 0 Å². The Labute approximate surface area is 112 Å². The van der Waals surface area contributed by atoms with E-state index in [2.05, 4.69) is 5.32 Å². The molecule has 1 fully saturated rings. The fraction of sp³-hybridized carbons (Fsp3) is 0.400. The molecule has 1 amide bonds. The molecule has 0 saturated carbocycles. The fourth-order valence-electron chi connectivity index (χ4n) is 2.67. The van der Waals surface area contributed by atoms with E-state index in [0.29, 0.717) is 5.76 Å². The number of rotatable bonds is 2. The Morgan fingerprint density at radius 3 is 2.89 bits per heavy atom. The third-order valence-corrected chi connectivity index (χ3v) is 3.94. The maximum atomic E-state index is 12.5. The van der Waals surface area contributed by atoms with Gasteiger partial charge in [-0.2, -0.15) is 0 Å². The lowest BCUT2D eigenvalue weighted by molar-refractivity contribution is 0.0713. The zero-order valence-electron chi connectivity index (χ0n) is 11.3. The molecule has 2 heterocycles. The molecule has 4 nitrogen and oxygen atoms in total. The molecular weight excluding hydrogens is 240 g/mol. The Hall–Kier alpha value is -1.81. The largest absolute Gasteiger partial charge is 0.451 e. The Morgan fingerprint density at radius 2 is 2.21 bits per heavy atom. The van der Waals surface area contributed by atoms with Crippen LogP contribution >= 0.6 is 0 Å². The highest BCUT2D eigenvalue weighted by molar-refractivity contribution is 5.98. The van der Waals surface area contributed by atoms with E-state index in [1.165, 1.54) is 0 Å². The number of furan rings is 1. The first-order valence-electron chi connectivity index (χ1n) is 6.64. The molecule has 1 atom stereocenters. The summed E-state index contributed by atoms with van der Waals surface area (Å²) in [5.74, 6) is 0.443. The van der Waals surface area contributed by atoms with Crippen LogP contribution in [0.1, 0.15) is 22.5 Å². The third-order valence-electron chi connectivity index (χ3n) is 3.94. The average Bonchev–Trinajstić information content (AvgIpc) is 3.06. The van der Waals surface area contributed by atoms with Crippen LogP contribution in [0.25, 0.3) is 11.0 Å². The van der Waals surface area contributed by atoms with Crippen LogP contribution < -0.4 is 5.32 Å². The lowest BCUT2D eigenvalue weighted by Crippen LogP contribution is -2.38. The Bertz CT molecular complexity index is 612. The van der Waals surface area contributed by atoms with Gasteiger partial charge in [0.15, 0.2) is 5.76 Å². The van der Waals surface area contributed by atoms with Crippen LogP contribution in [-0.4, -0.2) is 37.0 Å². The van der Waals surface area contributed by atoms with E-state index in [4.69, 9.17) is 4.42 Å². The molecule has 4 heteroatoms. The highest BCUT2D eigenvalue weighted by Crippen LogP contribution is 2.26. The van der Waals surface area contributed by atoms with Gasteiger partial charge in [-0.25, -0.2) is 0 Å². The predicted molar refractivity (Wildman–Crippen MR) is 74.3 cm³/mol. The number of benzene rings is 1. The maximum Gasteiger partial charge on any atom is 0.289 e. The number of fused-ring (bicyclic) bond motifs is 1. The summed E-state index contributed by atoms with van der Waals surface area (Å²) in [7, 11) is 1.85. The summed E-state index contributed by atoms with van der Waals surface area (Å²) in [6, 6.07) is 8.03. The van der Waals surface area contributed by atoms with Crippen molar-refractivity contribution in [3.05, 3.63) is 35.6 Å². The first kappa shape index (κ1) is 12.2. The van der Waals surface area contributed by atoms with Crippen LogP contribution in [0, 0.1) is 6.92 Å². The molecule has 2 aromatic rings. The number of amides is 1. The van der Waals surface area contributed by atoms with Gasteiger partial charge in [0.05, 0.1) is 0 Å². The number of hydrogen-bond donors (Lipinski definition) is 1. The van der Waals surface area contributed by atoms with E-state index in [-0.39, 0.29) is 11.9 Å². The van der Waals surface area contributed by atoms with E-state index >= 15 is 0 Å². The van der Waals surface area contributed by atoms with Gasteiger partial charge >= 0.3 is 0 Å². The van der Waals surface area contributed by atoms with Crippen LogP contribution in [0.4, 0.5) is 0 Å². The van der Waals surface area contributed by atoms with Crippen molar-refractivity contribution < 1.29 is 9.21 Å². The van der Waals surface area contributed by atoms with E-state index in [0.717, 1.165) is 36.0 Å². The summed E-state index contributed by atoms with van der Waals surface area (Å²) < 4.78 is 5.73. The molecule has 0 aliphatic carbocycles. The second kappa shape index (κ2) is 4.70. The number of likely N-dealkylation sites (N-methyl/N-ethyl adjacent to an activating group) is 1. The van der Waals surface area contributed by atoms with Crippen LogP contribution in [0.15, 0.2) is 28.7 Å². The van der Waals surface area contributed by atoms with Gasteiger partial charge in [-0.05, 0) is 26.0 Å². The smallest absolute Gasteiger partial charge is 0.289 e. The quantitative estimate of drug-likeness (QED) is 0.898. The Morgan fingerprint density at radius 1 is 1.42 bits per heavy atom. The summed E-state index contributed by atoms with van der Waals surface area (Å²) in [6.45, 7) is 3.78. The fourth-order valence-corrected chi connectivity index (χ4v) is 2.67. The molecule has 1 aromatic heterocycles. The van der Waals surface area contributed by atoms with Gasteiger partial charge < -0.3 is 14.6 Å². The Balaban J connectivity index is 1.94. The van der Waals surface area contributed by atoms with Crippen LogP contribution in [0.2, 0.25) is 0 Å². The van der Waals surface area contributed by atoms with E-state index < -0.39 is 0 Å². The zero-order chi connectivity index (χ0) is 13.4. The number of para-hydroxylation sites is 1. The summed E-state index contributed by atoms with van der Waals surface area (Å²) in [4.78, 5) is 14.3. The van der Waals surface area contributed by atoms with Crippen molar-refractivity contribution >= 4 is 16.9 Å². The minimum Gasteiger partial charge on any atom is -0.451 e. The van der Waals surface area contributed by atoms with Gasteiger partial charge in [-0.1, -0.05) is 18.2 Å². The molecule has 0 spiro atoms. The minimum absolute atomic E-state index is 0.0256. The Kier molecular flexibility index (Phi) is 3.03. The van der Waals surface area contributed by atoms with Crippen LogP contribution in [-0.2, 0) is 0 Å². The molecule has 100 valence electrons. The monoisotopic (exact) mass is 258 g/mol. The number of carbonyl (C=O) groups is 1. The van der Waals surface area contributed by atoms with Crippen molar-refractivity contribution in [1.82, 2.24) is 10.2 Å². The average molecular weight is 258 g/mol. The molecule has 1 saturated heterocycles. The lowest BCUT2D eigenvalue weighted by atomic mass is 10.1. The van der Waals surface area contributed by atoms with Crippen molar-refractivity contribution in [2.24, 2.45) is 0 Å². The van der Waals surface area contributed by atoms with Crippen molar-refractivity contribution in [1.29, 1.82) is 0 Å². The first-order valence-corrected chi connectivity index (χ1v) is 6.64. The molecule has 3 rings (SSSR count). The topological polar surface area (TPSA) is 45.5 Å². The number of aryl methyl sites for hydroxylation is 1. The molecule has 1 unspecified atom stereocenters. The summed E-state index contributed by atoms with van der Waals surface area (Å²) in [5.41, 5.74) is 1.71. The number of nitrogens with zero attached hydrogens (tertiary/aromatic N) is 1. The molecule has 1 N–H and O–H groups in total. The second-order valence-electron chi connectivity index (χ2n) is 5.12. The van der Waals surface area contributed by atoms with Crippen molar-refractivity contribution in [3.8, 4) is 0 Å². The number of nitrogens with one attached hydrogen (secondary N) is 1. The minimum atomic E-state index is -0.0256. The third kappa shape index (κ3) is 2.02. The molecule has 1 aliphatic heterocycles. The van der Waals surface area contributed by atoms with Gasteiger partial charge in [0, 0.05) is 30.6 Å². The number of carbonyl (C=O) groups excluding carboxylic acids is 1. The molecule has 19 heavy (non-hydrogen) atoms. The number of hydrogen-bond acceptors (Lipinski definition) is 3. The standard InChI is InChI=1S/C15H18N2O2/c1-10-12-5-3-4-6-13(12)19-14(10)15(18)17(2)11-7-8-16-9-11/h3-6,11,16H,7-9H2,1-2H3. The molecule has 0 radical (unpaired) electrons. The van der Waals surface area contributed by atoms with E-state index in [1.807, 2.05) is 38.2 Å². The van der Waals surface area contributed by atoms with E-state index in [1.54, 1.807) is 4.90 Å². The van der Waals surface area contributed by atoms with Crippen LogP contribution in [0.3, 0.4) is 0 Å².